The van der Waals surface area contributed by atoms with Crippen LogP contribution in [0.25, 0.3) is 0 Å². The number of benzene rings is 1. The molecular weight excluding hydrogens is 206 g/mol. The summed E-state index contributed by atoms with van der Waals surface area (Å²) in [6.07, 6.45) is 0.784. The minimum atomic E-state index is -0.0278. The van der Waals surface area contributed by atoms with Gasteiger partial charge in [-0.3, -0.25) is 4.79 Å². The molecular formula is C12H15NO3. The molecule has 0 radical (unpaired) electrons. The van der Waals surface area contributed by atoms with Crippen LogP contribution < -0.4 is 14.8 Å². The van der Waals surface area contributed by atoms with Crippen LogP contribution >= 0.6 is 0 Å². The van der Waals surface area contributed by atoms with Gasteiger partial charge in [-0.2, -0.15) is 0 Å². The zero-order valence-corrected chi connectivity index (χ0v) is 9.45. The van der Waals surface area contributed by atoms with Crippen LogP contribution in [0.1, 0.15) is 12.5 Å². The second-order valence-corrected chi connectivity index (χ2v) is 3.86. The molecule has 2 rings (SSSR count). The van der Waals surface area contributed by atoms with Crippen LogP contribution in [0.3, 0.4) is 0 Å². The van der Waals surface area contributed by atoms with Crippen molar-refractivity contribution >= 4 is 5.91 Å². The minimum absolute atomic E-state index is 0.0278. The van der Waals surface area contributed by atoms with Crippen molar-refractivity contribution < 1.29 is 14.3 Å². The van der Waals surface area contributed by atoms with Gasteiger partial charge in [-0.15, -0.1) is 0 Å². The van der Waals surface area contributed by atoms with Crippen molar-refractivity contribution in [3.05, 3.63) is 23.8 Å². The number of nitrogens with one attached hydrogen (secondary N) is 1. The van der Waals surface area contributed by atoms with Gasteiger partial charge in [0, 0.05) is 12.5 Å². The monoisotopic (exact) mass is 221 g/mol. The number of carbonyl (C=O) groups excluding carboxylic acids is 1. The van der Waals surface area contributed by atoms with Gasteiger partial charge in [-0.25, -0.2) is 0 Å². The van der Waals surface area contributed by atoms with Crippen molar-refractivity contribution in [2.75, 3.05) is 13.7 Å². The lowest BCUT2D eigenvalue weighted by Gasteiger charge is -2.26. The number of para-hydroxylation sites is 1. The molecule has 1 aromatic carbocycles. The maximum Gasteiger partial charge on any atom is 0.217 e. The van der Waals surface area contributed by atoms with Gasteiger partial charge in [0.05, 0.1) is 13.2 Å². The first-order chi connectivity index (χ1) is 7.70. The van der Waals surface area contributed by atoms with E-state index in [-0.39, 0.29) is 11.9 Å². The topological polar surface area (TPSA) is 47.6 Å². The van der Waals surface area contributed by atoms with Gasteiger partial charge in [0.2, 0.25) is 5.91 Å². The summed E-state index contributed by atoms with van der Waals surface area (Å²) >= 11 is 0. The average Bonchev–Trinajstić information content (AvgIpc) is 2.27. The predicted molar refractivity (Wildman–Crippen MR) is 59.8 cm³/mol. The number of methoxy groups -OCH3 is 1. The Morgan fingerprint density at radius 2 is 2.38 bits per heavy atom. The van der Waals surface area contributed by atoms with Gasteiger partial charge in [-0.1, -0.05) is 12.1 Å². The molecule has 1 atom stereocenters. The van der Waals surface area contributed by atoms with Crippen molar-refractivity contribution in [2.45, 2.75) is 19.4 Å². The quantitative estimate of drug-likeness (QED) is 0.814. The zero-order valence-electron chi connectivity index (χ0n) is 9.45. The van der Waals surface area contributed by atoms with Gasteiger partial charge in [-0.05, 0) is 12.5 Å². The van der Waals surface area contributed by atoms with Crippen molar-refractivity contribution in [1.29, 1.82) is 0 Å². The van der Waals surface area contributed by atoms with E-state index in [2.05, 4.69) is 5.32 Å². The standard InChI is InChI=1S/C12H15NO3/c1-8(14)13-10-6-9-4-3-5-11(15-2)12(9)16-7-10/h3-5,10H,6-7H2,1-2H3,(H,13,14). The summed E-state index contributed by atoms with van der Waals surface area (Å²) < 4.78 is 10.8. The first-order valence-corrected chi connectivity index (χ1v) is 5.26. The second-order valence-electron chi connectivity index (χ2n) is 3.86. The molecule has 86 valence electrons. The highest BCUT2D eigenvalue weighted by atomic mass is 16.5. The molecule has 0 saturated carbocycles. The third-order valence-electron chi connectivity index (χ3n) is 2.58. The zero-order chi connectivity index (χ0) is 11.5. The Morgan fingerprint density at radius 3 is 3.06 bits per heavy atom. The Morgan fingerprint density at radius 1 is 1.56 bits per heavy atom. The van der Waals surface area contributed by atoms with Gasteiger partial charge < -0.3 is 14.8 Å². The van der Waals surface area contributed by atoms with Crippen LogP contribution in [0.5, 0.6) is 11.5 Å². The Kier molecular flexibility index (Phi) is 2.99. The van der Waals surface area contributed by atoms with E-state index in [1.54, 1.807) is 7.11 Å². The van der Waals surface area contributed by atoms with E-state index in [0.29, 0.717) is 6.61 Å². The number of ether oxygens (including phenoxy) is 2. The van der Waals surface area contributed by atoms with Gasteiger partial charge in [0.25, 0.3) is 0 Å². The molecule has 0 aliphatic carbocycles. The third-order valence-corrected chi connectivity index (χ3v) is 2.58. The Bertz CT molecular complexity index is 403. The summed E-state index contributed by atoms with van der Waals surface area (Å²) in [5.74, 6) is 1.52. The molecule has 1 heterocycles. The fourth-order valence-electron chi connectivity index (χ4n) is 1.94. The van der Waals surface area contributed by atoms with Crippen molar-refractivity contribution in [3.63, 3.8) is 0 Å². The van der Waals surface area contributed by atoms with Crippen molar-refractivity contribution in [1.82, 2.24) is 5.32 Å². The molecule has 0 aromatic heterocycles. The van der Waals surface area contributed by atoms with E-state index in [1.807, 2.05) is 18.2 Å². The SMILES string of the molecule is COc1cccc2c1OCC(NC(C)=O)C2. The lowest BCUT2D eigenvalue weighted by Crippen LogP contribution is -2.41. The highest BCUT2D eigenvalue weighted by Gasteiger charge is 2.22. The Balaban J connectivity index is 2.18. The minimum Gasteiger partial charge on any atom is -0.493 e. The lowest BCUT2D eigenvalue weighted by molar-refractivity contribution is -0.119. The van der Waals surface area contributed by atoms with E-state index in [4.69, 9.17) is 9.47 Å². The highest BCUT2D eigenvalue weighted by molar-refractivity contribution is 5.73. The smallest absolute Gasteiger partial charge is 0.217 e. The fourth-order valence-corrected chi connectivity index (χ4v) is 1.94. The van der Waals surface area contributed by atoms with Crippen LogP contribution in [-0.4, -0.2) is 25.7 Å². The molecule has 1 unspecified atom stereocenters. The van der Waals surface area contributed by atoms with Gasteiger partial charge in [0.1, 0.15) is 6.61 Å². The average molecular weight is 221 g/mol. The normalized spacial score (nSPS) is 18.2. The largest absolute Gasteiger partial charge is 0.493 e. The predicted octanol–water partition coefficient (Wildman–Crippen LogP) is 1.13. The molecule has 1 N–H and O–H groups in total. The lowest BCUT2D eigenvalue weighted by atomic mass is 10.0. The molecule has 16 heavy (non-hydrogen) atoms. The van der Waals surface area contributed by atoms with E-state index in [9.17, 15) is 4.79 Å². The molecule has 1 aromatic rings. The second kappa shape index (κ2) is 4.43. The molecule has 4 nitrogen and oxygen atoms in total. The Labute approximate surface area is 94.6 Å². The first kappa shape index (κ1) is 10.8. The van der Waals surface area contributed by atoms with Crippen LogP contribution in [0.4, 0.5) is 0 Å². The third kappa shape index (κ3) is 2.10. The van der Waals surface area contributed by atoms with Crippen LogP contribution in [0, 0.1) is 0 Å². The summed E-state index contributed by atoms with van der Waals surface area (Å²) in [4.78, 5) is 11.0. The van der Waals surface area contributed by atoms with E-state index < -0.39 is 0 Å². The number of carbonyl (C=O) groups is 1. The van der Waals surface area contributed by atoms with Crippen molar-refractivity contribution in [2.24, 2.45) is 0 Å². The first-order valence-electron chi connectivity index (χ1n) is 5.26. The molecule has 0 spiro atoms. The van der Waals surface area contributed by atoms with Crippen molar-refractivity contribution in [3.8, 4) is 11.5 Å². The van der Waals surface area contributed by atoms with Gasteiger partial charge in [0.15, 0.2) is 11.5 Å². The summed E-state index contributed by atoms with van der Waals surface area (Å²) in [7, 11) is 1.62. The summed E-state index contributed by atoms with van der Waals surface area (Å²) in [5.41, 5.74) is 1.07. The molecule has 1 aliphatic heterocycles. The number of hydrogen-bond acceptors (Lipinski definition) is 3. The number of amides is 1. The van der Waals surface area contributed by atoms with E-state index in [0.717, 1.165) is 23.5 Å². The fraction of sp³-hybridized carbons (Fsp3) is 0.417. The number of fused-ring (bicyclic) bond motifs is 1. The van der Waals surface area contributed by atoms with E-state index >= 15 is 0 Å². The summed E-state index contributed by atoms with van der Waals surface area (Å²) in [6.45, 7) is 2.01. The molecule has 1 aliphatic rings. The van der Waals surface area contributed by atoms with Gasteiger partial charge >= 0.3 is 0 Å². The molecule has 1 amide bonds. The number of hydrogen-bond donors (Lipinski definition) is 1. The summed E-state index contributed by atoms with van der Waals surface area (Å²) in [6, 6.07) is 5.85. The molecule has 0 saturated heterocycles. The maximum atomic E-state index is 11.0. The Hall–Kier alpha value is -1.71. The van der Waals surface area contributed by atoms with E-state index in [1.165, 1.54) is 6.92 Å². The van der Waals surface area contributed by atoms with Crippen LogP contribution in [-0.2, 0) is 11.2 Å². The summed E-state index contributed by atoms with van der Waals surface area (Å²) in [5, 5.41) is 2.86. The maximum absolute atomic E-state index is 11.0. The highest BCUT2D eigenvalue weighted by Crippen LogP contribution is 2.34. The number of rotatable bonds is 2. The molecule has 0 bridgehead atoms. The van der Waals surface area contributed by atoms with Crippen LogP contribution in [0.2, 0.25) is 0 Å². The molecule has 0 fully saturated rings. The van der Waals surface area contributed by atoms with Crippen LogP contribution in [0.15, 0.2) is 18.2 Å². The molecule has 4 heteroatoms.